The van der Waals surface area contributed by atoms with E-state index in [1.165, 1.54) is 18.7 Å². The minimum absolute atomic E-state index is 0.0194. The molecule has 3 heteroatoms. The molecular weight excluding hydrogens is 190 g/mol. The molecule has 0 spiro atoms. The van der Waals surface area contributed by atoms with Crippen LogP contribution in [0.25, 0.3) is 0 Å². The van der Waals surface area contributed by atoms with Crippen LogP contribution in [0.5, 0.6) is 0 Å². The number of carbonyl (C=O) groups excluding carboxylic acids is 2. The number of carbonyl (C=O) groups is 2. The van der Waals surface area contributed by atoms with Crippen LogP contribution >= 0.6 is 0 Å². The van der Waals surface area contributed by atoms with Crippen molar-refractivity contribution in [3.8, 4) is 0 Å². The minimum atomic E-state index is -0.412. The van der Waals surface area contributed by atoms with Gasteiger partial charge in [-0.1, -0.05) is 18.2 Å². The van der Waals surface area contributed by atoms with Gasteiger partial charge in [-0.2, -0.15) is 0 Å². The maximum absolute atomic E-state index is 11.5. The van der Waals surface area contributed by atoms with Gasteiger partial charge in [0.2, 0.25) is 5.91 Å². The molecule has 1 atom stereocenters. The Labute approximate surface area is 89.7 Å². The highest BCUT2D eigenvalue weighted by Crippen LogP contribution is 2.16. The fourth-order valence-electron chi connectivity index (χ4n) is 1.45. The van der Waals surface area contributed by atoms with Gasteiger partial charge >= 0.3 is 0 Å². The molecule has 15 heavy (non-hydrogen) atoms. The SMILES string of the molecule is CC(=O)C(C)N(C(C)=O)c1ccccc1. The number of para-hydroxylation sites is 1. The second-order valence-corrected chi connectivity index (χ2v) is 3.51. The van der Waals surface area contributed by atoms with Crippen LogP contribution < -0.4 is 4.90 Å². The number of Topliss-reactive ketones (excluding diaryl/α,β-unsaturated/α-hetero) is 1. The Bertz CT molecular complexity index is 359. The van der Waals surface area contributed by atoms with Crippen molar-refractivity contribution in [2.45, 2.75) is 26.8 Å². The molecule has 0 bridgehead atoms. The molecule has 1 aromatic carbocycles. The van der Waals surface area contributed by atoms with Crippen molar-refractivity contribution in [1.29, 1.82) is 0 Å². The Kier molecular flexibility index (Phi) is 3.61. The predicted octanol–water partition coefficient (Wildman–Crippen LogP) is 2.02. The lowest BCUT2D eigenvalue weighted by Crippen LogP contribution is -2.41. The molecule has 0 N–H and O–H groups in total. The third-order valence-corrected chi connectivity index (χ3v) is 2.35. The largest absolute Gasteiger partial charge is 0.302 e. The summed E-state index contributed by atoms with van der Waals surface area (Å²) in [5.41, 5.74) is 0.757. The summed E-state index contributed by atoms with van der Waals surface area (Å²) < 4.78 is 0. The fraction of sp³-hybridized carbons (Fsp3) is 0.333. The fourth-order valence-corrected chi connectivity index (χ4v) is 1.45. The highest BCUT2D eigenvalue weighted by Gasteiger charge is 2.21. The van der Waals surface area contributed by atoms with E-state index in [0.29, 0.717) is 0 Å². The van der Waals surface area contributed by atoms with Crippen molar-refractivity contribution in [2.24, 2.45) is 0 Å². The van der Waals surface area contributed by atoms with E-state index in [-0.39, 0.29) is 11.7 Å². The van der Waals surface area contributed by atoms with Crippen molar-refractivity contribution in [3.63, 3.8) is 0 Å². The molecule has 1 unspecified atom stereocenters. The Morgan fingerprint density at radius 2 is 1.67 bits per heavy atom. The summed E-state index contributed by atoms with van der Waals surface area (Å²) in [4.78, 5) is 24.2. The van der Waals surface area contributed by atoms with E-state index in [2.05, 4.69) is 0 Å². The van der Waals surface area contributed by atoms with Crippen LogP contribution in [0.15, 0.2) is 30.3 Å². The van der Waals surface area contributed by atoms with Crippen LogP contribution in [-0.4, -0.2) is 17.7 Å². The molecule has 0 heterocycles. The minimum Gasteiger partial charge on any atom is -0.302 e. The van der Waals surface area contributed by atoms with Gasteiger partial charge in [0, 0.05) is 12.6 Å². The van der Waals surface area contributed by atoms with E-state index in [9.17, 15) is 9.59 Å². The molecule has 0 saturated carbocycles. The van der Waals surface area contributed by atoms with Crippen molar-refractivity contribution < 1.29 is 9.59 Å². The number of rotatable bonds is 3. The van der Waals surface area contributed by atoms with E-state index in [0.717, 1.165) is 5.69 Å². The first-order chi connectivity index (χ1) is 7.04. The number of ketones is 1. The molecule has 1 amide bonds. The van der Waals surface area contributed by atoms with E-state index >= 15 is 0 Å². The van der Waals surface area contributed by atoms with Gasteiger partial charge in [-0.3, -0.25) is 9.59 Å². The van der Waals surface area contributed by atoms with Crippen LogP contribution in [0.3, 0.4) is 0 Å². The molecule has 0 aliphatic heterocycles. The van der Waals surface area contributed by atoms with Gasteiger partial charge in [0.1, 0.15) is 0 Å². The molecule has 1 aromatic rings. The summed E-state index contributed by atoms with van der Waals surface area (Å²) in [6.45, 7) is 4.69. The Morgan fingerprint density at radius 1 is 1.13 bits per heavy atom. The van der Waals surface area contributed by atoms with Gasteiger partial charge in [-0.05, 0) is 26.0 Å². The summed E-state index contributed by atoms with van der Waals surface area (Å²) in [5, 5.41) is 0. The summed E-state index contributed by atoms with van der Waals surface area (Å²) in [5.74, 6) is -0.141. The van der Waals surface area contributed by atoms with Crippen molar-refractivity contribution in [3.05, 3.63) is 30.3 Å². The van der Waals surface area contributed by atoms with Crippen LogP contribution in [0.1, 0.15) is 20.8 Å². The zero-order chi connectivity index (χ0) is 11.4. The zero-order valence-electron chi connectivity index (χ0n) is 9.23. The summed E-state index contributed by atoms with van der Waals surface area (Å²) in [6, 6.07) is 8.79. The first kappa shape index (κ1) is 11.4. The molecule has 0 aromatic heterocycles. The van der Waals surface area contributed by atoms with Crippen LogP contribution in [-0.2, 0) is 9.59 Å². The van der Waals surface area contributed by atoms with Crippen LogP contribution in [0.2, 0.25) is 0 Å². The lowest BCUT2D eigenvalue weighted by atomic mass is 10.1. The van der Waals surface area contributed by atoms with Gasteiger partial charge in [0.15, 0.2) is 5.78 Å². The second kappa shape index (κ2) is 4.73. The Morgan fingerprint density at radius 3 is 2.07 bits per heavy atom. The molecule has 1 rings (SSSR count). The van der Waals surface area contributed by atoms with E-state index in [1.807, 2.05) is 30.3 Å². The smallest absolute Gasteiger partial charge is 0.224 e. The summed E-state index contributed by atoms with van der Waals surface area (Å²) in [7, 11) is 0. The first-order valence-electron chi connectivity index (χ1n) is 4.89. The quantitative estimate of drug-likeness (QED) is 0.757. The van der Waals surface area contributed by atoms with Gasteiger partial charge in [0.25, 0.3) is 0 Å². The number of amides is 1. The monoisotopic (exact) mass is 205 g/mol. The summed E-state index contributed by atoms with van der Waals surface area (Å²) in [6.07, 6.45) is 0. The normalized spacial score (nSPS) is 11.9. The second-order valence-electron chi connectivity index (χ2n) is 3.51. The number of hydrogen-bond donors (Lipinski definition) is 0. The van der Waals surface area contributed by atoms with Crippen LogP contribution in [0, 0.1) is 0 Å². The number of hydrogen-bond acceptors (Lipinski definition) is 2. The van der Waals surface area contributed by atoms with E-state index in [4.69, 9.17) is 0 Å². The Hall–Kier alpha value is -1.64. The molecule has 0 saturated heterocycles. The average Bonchev–Trinajstić information content (AvgIpc) is 2.18. The number of anilines is 1. The van der Waals surface area contributed by atoms with Crippen molar-refractivity contribution in [2.75, 3.05) is 4.90 Å². The van der Waals surface area contributed by atoms with Crippen LogP contribution in [0.4, 0.5) is 5.69 Å². The highest BCUT2D eigenvalue weighted by atomic mass is 16.2. The first-order valence-corrected chi connectivity index (χ1v) is 4.89. The molecule has 80 valence electrons. The average molecular weight is 205 g/mol. The molecule has 3 nitrogen and oxygen atoms in total. The van der Waals surface area contributed by atoms with Crippen molar-refractivity contribution in [1.82, 2.24) is 0 Å². The molecule has 0 radical (unpaired) electrons. The maximum atomic E-state index is 11.5. The maximum Gasteiger partial charge on any atom is 0.224 e. The van der Waals surface area contributed by atoms with E-state index < -0.39 is 6.04 Å². The summed E-state index contributed by atoms with van der Waals surface area (Å²) >= 11 is 0. The standard InChI is InChI=1S/C12H15NO2/c1-9(10(2)14)13(11(3)15)12-7-5-4-6-8-12/h4-9H,1-3H3. The van der Waals surface area contributed by atoms with Gasteiger partial charge < -0.3 is 4.90 Å². The molecule has 0 fully saturated rings. The highest BCUT2D eigenvalue weighted by molar-refractivity contribution is 5.99. The third kappa shape index (κ3) is 2.65. The lowest BCUT2D eigenvalue weighted by molar-refractivity contribution is -0.122. The molecular formula is C12H15NO2. The van der Waals surface area contributed by atoms with Gasteiger partial charge in [0.05, 0.1) is 6.04 Å². The van der Waals surface area contributed by atoms with E-state index in [1.54, 1.807) is 6.92 Å². The third-order valence-electron chi connectivity index (χ3n) is 2.35. The van der Waals surface area contributed by atoms with Crippen molar-refractivity contribution >= 4 is 17.4 Å². The lowest BCUT2D eigenvalue weighted by Gasteiger charge is -2.26. The topological polar surface area (TPSA) is 37.4 Å². The number of benzene rings is 1. The molecule has 0 aliphatic carbocycles. The number of nitrogens with zero attached hydrogens (tertiary/aromatic N) is 1. The van der Waals surface area contributed by atoms with Gasteiger partial charge in [-0.25, -0.2) is 0 Å². The zero-order valence-corrected chi connectivity index (χ0v) is 9.23. The Balaban J connectivity index is 3.04. The predicted molar refractivity (Wildman–Crippen MR) is 59.7 cm³/mol. The molecule has 0 aliphatic rings. The van der Waals surface area contributed by atoms with Gasteiger partial charge in [-0.15, -0.1) is 0 Å².